The first-order valence-corrected chi connectivity index (χ1v) is 10.7. The van der Waals surface area contributed by atoms with Crippen molar-refractivity contribution in [1.29, 1.82) is 0 Å². The number of carbonyl (C=O) groups excluding carboxylic acids is 1. The number of nitrogens with zero attached hydrogens (tertiary/aromatic N) is 2. The van der Waals surface area contributed by atoms with E-state index in [9.17, 15) is 4.79 Å². The Balaban J connectivity index is 1.74. The molecule has 0 saturated carbocycles. The summed E-state index contributed by atoms with van der Waals surface area (Å²) < 4.78 is 7.63. The van der Waals surface area contributed by atoms with Crippen LogP contribution in [0.2, 0.25) is 5.02 Å². The zero-order valence-electron chi connectivity index (χ0n) is 17.6. The van der Waals surface area contributed by atoms with Crippen molar-refractivity contribution in [3.8, 4) is 17.1 Å². The molecule has 156 valence electrons. The highest BCUT2D eigenvalue weighted by Crippen LogP contribution is 2.32. The fourth-order valence-corrected chi connectivity index (χ4v) is 4.09. The molecular formula is C24H26ClN3O2. The van der Waals surface area contributed by atoms with Crippen molar-refractivity contribution in [2.24, 2.45) is 0 Å². The first-order valence-electron chi connectivity index (χ1n) is 10.3. The van der Waals surface area contributed by atoms with Crippen LogP contribution in [0.1, 0.15) is 46.6 Å². The number of aryl methyl sites for hydroxylation is 2. The number of amides is 1. The van der Waals surface area contributed by atoms with Gasteiger partial charge >= 0.3 is 0 Å². The van der Waals surface area contributed by atoms with Crippen molar-refractivity contribution in [2.75, 3.05) is 12.4 Å². The molecule has 4 rings (SSSR count). The second kappa shape index (κ2) is 8.52. The number of carbonyl (C=O) groups is 1. The number of methoxy groups -OCH3 is 1. The fourth-order valence-electron chi connectivity index (χ4n) is 3.94. The van der Waals surface area contributed by atoms with Crippen molar-refractivity contribution >= 4 is 23.2 Å². The van der Waals surface area contributed by atoms with Crippen LogP contribution < -0.4 is 10.1 Å². The number of imidazole rings is 1. The predicted octanol–water partition coefficient (Wildman–Crippen LogP) is 5.81. The number of nitrogens with one attached hydrogen (secondary N) is 1. The van der Waals surface area contributed by atoms with Gasteiger partial charge in [0.15, 0.2) is 0 Å². The van der Waals surface area contributed by atoms with E-state index in [1.165, 1.54) is 5.56 Å². The molecule has 30 heavy (non-hydrogen) atoms. The molecule has 1 amide bonds. The highest BCUT2D eigenvalue weighted by Gasteiger charge is 2.25. The summed E-state index contributed by atoms with van der Waals surface area (Å²) in [7, 11) is 1.56. The number of anilines is 1. The van der Waals surface area contributed by atoms with Crippen molar-refractivity contribution in [3.05, 3.63) is 63.9 Å². The van der Waals surface area contributed by atoms with Crippen LogP contribution in [-0.4, -0.2) is 22.6 Å². The van der Waals surface area contributed by atoms with Gasteiger partial charge in [-0.15, -0.1) is 0 Å². The smallest absolute Gasteiger partial charge is 0.276 e. The minimum Gasteiger partial charge on any atom is -0.495 e. The zero-order chi connectivity index (χ0) is 21.3. The Labute approximate surface area is 182 Å². The molecule has 0 atom stereocenters. The van der Waals surface area contributed by atoms with E-state index in [-0.39, 0.29) is 5.91 Å². The van der Waals surface area contributed by atoms with Gasteiger partial charge in [-0.1, -0.05) is 47.9 Å². The van der Waals surface area contributed by atoms with Crippen molar-refractivity contribution in [1.82, 2.24) is 9.55 Å². The van der Waals surface area contributed by atoms with E-state index in [2.05, 4.69) is 41.1 Å². The molecule has 1 aromatic heterocycles. The predicted molar refractivity (Wildman–Crippen MR) is 121 cm³/mol. The summed E-state index contributed by atoms with van der Waals surface area (Å²) >= 11 is 6.20. The second-order valence-corrected chi connectivity index (χ2v) is 8.22. The molecule has 0 spiro atoms. The van der Waals surface area contributed by atoms with Crippen molar-refractivity contribution < 1.29 is 9.53 Å². The van der Waals surface area contributed by atoms with Crippen molar-refractivity contribution in [3.63, 3.8) is 0 Å². The van der Waals surface area contributed by atoms with Crippen LogP contribution in [0.15, 0.2) is 36.4 Å². The van der Waals surface area contributed by atoms with E-state index in [0.29, 0.717) is 22.2 Å². The molecule has 0 unspecified atom stereocenters. The molecule has 6 heteroatoms. The molecule has 1 aliphatic rings. The Hall–Kier alpha value is -2.79. The minimum atomic E-state index is -0.223. The summed E-state index contributed by atoms with van der Waals surface area (Å²) in [4.78, 5) is 18.1. The van der Waals surface area contributed by atoms with Gasteiger partial charge < -0.3 is 14.6 Å². The number of aromatic nitrogens is 2. The molecule has 0 bridgehead atoms. The molecule has 5 nitrogen and oxygen atoms in total. The number of halogens is 1. The van der Waals surface area contributed by atoms with Crippen LogP contribution in [0.4, 0.5) is 5.69 Å². The average molecular weight is 424 g/mol. The topological polar surface area (TPSA) is 56.1 Å². The summed E-state index contributed by atoms with van der Waals surface area (Å²) in [6.07, 6.45) is 4.15. The lowest BCUT2D eigenvalue weighted by Crippen LogP contribution is -2.16. The Bertz CT molecular complexity index is 1090. The number of hydrogen-bond donors (Lipinski definition) is 1. The maximum atomic E-state index is 13.3. The van der Waals surface area contributed by atoms with Gasteiger partial charge in [-0.25, -0.2) is 4.98 Å². The van der Waals surface area contributed by atoms with Gasteiger partial charge in [0.2, 0.25) is 0 Å². The maximum Gasteiger partial charge on any atom is 0.276 e. The average Bonchev–Trinajstić information content (AvgIpc) is 2.92. The lowest BCUT2D eigenvalue weighted by molar-refractivity contribution is 0.102. The number of rotatable bonds is 4. The van der Waals surface area contributed by atoms with Crippen LogP contribution in [0.5, 0.6) is 5.75 Å². The molecule has 0 aliphatic carbocycles. The van der Waals surface area contributed by atoms with Gasteiger partial charge in [0.1, 0.15) is 17.3 Å². The van der Waals surface area contributed by atoms with Gasteiger partial charge in [-0.05, 0) is 44.7 Å². The van der Waals surface area contributed by atoms with Gasteiger partial charge in [-0.2, -0.15) is 0 Å². The second-order valence-electron chi connectivity index (χ2n) is 7.81. The third-order valence-corrected chi connectivity index (χ3v) is 6.03. The van der Waals surface area contributed by atoms with E-state index in [1.54, 1.807) is 13.2 Å². The Kier molecular flexibility index (Phi) is 5.82. The maximum absolute atomic E-state index is 13.3. The molecule has 0 radical (unpaired) electrons. The Morgan fingerprint density at radius 1 is 1.13 bits per heavy atom. The monoisotopic (exact) mass is 423 g/mol. The number of ether oxygens (including phenoxy) is 1. The Morgan fingerprint density at radius 3 is 2.63 bits per heavy atom. The van der Waals surface area contributed by atoms with Crippen LogP contribution in [0.3, 0.4) is 0 Å². The van der Waals surface area contributed by atoms with Gasteiger partial charge in [0.25, 0.3) is 5.91 Å². The van der Waals surface area contributed by atoms with Gasteiger partial charge in [0, 0.05) is 23.2 Å². The third kappa shape index (κ3) is 3.94. The van der Waals surface area contributed by atoms with Crippen LogP contribution in [0, 0.1) is 13.8 Å². The van der Waals surface area contributed by atoms with E-state index in [1.807, 2.05) is 13.0 Å². The standard InChI is InChI=1S/C24H26ClN3O2/c1-15-8-10-17(11-9-15)23-27-22(20-7-5-4-6-12-28(20)23)24(29)26-19-13-16(2)18(25)14-21(19)30-3/h8-11,13-14H,4-7,12H2,1-3H3,(H,26,29). The first kappa shape index (κ1) is 20.5. The number of benzene rings is 2. The molecule has 3 aromatic rings. The lowest BCUT2D eigenvalue weighted by Gasteiger charge is -2.12. The Morgan fingerprint density at radius 2 is 1.90 bits per heavy atom. The van der Waals surface area contributed by atoms with Gasteiger partial charge in [0.05, 0.1) is 18.5 Å². The van der Waals surface area contributed by atoms with Crippen molar-refractivity contribution in [2.45, 2.75) is 46.1 Å². The van der Waals surface area contributed by atoms with Crippen LogP contribution in [0.25, 0.3) is 11.4 Å². The van der Waals surface area contributed by atoms with Crippen LogP contribution in [-0.2, 0) is 13.0 Å². The van der Waals surface area contributed by atoms with E-state index in [4.69, 9.17) is 21.3 Å². The first-order chi connectivity index (χ1) is 14.5. The number of fused-ring (bicyclic) bond motifs is 1. The SMILES string of the molecule is COc1cc(Cl)c(C)cc1NC(=O)c1nc(-c2ccc(C)cc2)n2c1CCCCC2. The molecule has 1 aliphatic heterocycles. The van der Waals surface area contributed by atoms with Gasteiger partial charge in [-0.3, -0.25) is 4.79 Å². The highest BCUT2D eigenvalue weighted by atomic mass is 35.5. The molecular weight excluding hydrogens is 398 g/mol. The quantitative estimate of drug-likeness (QED) is 0.576. The minimum absolute atomic E-state index is 0.223. The third-order valence-electron chi connectivity index (χ3n) is 5.62. The summed E-state index contributed by atoms with van der Waals surface area (Å²) in [6.45, 7) is 4.84. The van der Waals surface area contributed by atoms with E-state index < -0.39 is 0 Å². The summed E-state index contributed by atoms with van der Waals surface area (Å²) in [5, 5.41) is 3.59. The molecule has 1 N–H and O–H groups in total. The molecule has 2 heterocycles. The van der Waals surface area contributed by atoms with E-state index in [0.717, 1.165) is 54.9 Å². The largest absolute Gasteiger partial charge is 0.495 e. The molecule has 2 aromatic carbocycles. The zero-order valence-corrected chi connectivity index (χ0v) is 18.3. The van der Waals surface area contributed by atoms with E-state index >= 15 is 0 Å². The normalized spacial score (nSPS) is 13.5. The summed E-state index contributed by atoms with van der Waals surface area (Å²) in [5.74, 6) is 1.17. The molecule has 0 fully saturated rings. The summed E-state index contributed by atoms with van der Waals surface area (Å²) in [6, 6.07) is 11.8. The fraction of sp³-hybridized carbons (Fsp3) is 0.333. The highest BCUT2D eigenvalue weighted by molar-refractivity contribution is 6.31. The molecule has 0 saturated heterocycles. The summed E-state index contributed by atoms with van der Waals surface area (Å²) in [5.41, 5.74) is 5.19. The lowest BCUT2D eigenvalue weighted by atomic mass is 10.1. The number of hydrogen-bond acceptors (Lipinski definition) is 3. The van der Waals surface area contributed by atoms with Crippen LogP contribution >= 0.6 is 11.6 Å².